The standard InChI is InChI=1S/C20H28N4O/c1-15-21-19(18-10-5-7-13-23(15)18)20(25)24-14-6-3-4-9-17(24)16-11-8-12-22(16)2/h8,11-12,17H,3-7,9-10,13-14H2,1-2H3. The van der Waals surface area contributed by atoms with Gasteiger partial charge in [-0.3, -0.25) is 4.79 Å². The molecule has 0 N–H and O–H groups in total. The molecule has 2 aromatic heterocycles. The summed E-state index contributed by atoms with van der Waals surface area (Å²) >= 11 is 0. The van der Waals surface area contributed by atoms with Crippen LogP contribution in [0.1, 0.15) is 72.3 Å². The van der Waals surface area contributed by atoms with E-state index in [1.54, 1.807) is 0 Å². The minimum Gasteiger partial charge on any atom is -0.353 e. The number of aryl methyl sites for hydroxylation is 2. The zero-order valence-electron chi connectivity index (χ0n) is 15.4. The highest BCUT2D eigenvalue weighted by atomic mass is 16.2. The van der Waals surface area contributed by atoms with Crippen molar-refractivity contribution < 1.29 is 4.79 Å². The molecule has 0 saturated carbocycles. The number of amides is 1. The predicted octanol–water partition coefficient (Wildman–Crippen LogP) is 3.62. The number of hydrogen-bond acceptors (Lipinski definition) is 2. The predicted molar refractivity (Wildman–Crippen MR) is 97.6 cm³/mol. The van der Waals surface area contributed by atoms with Crippen LogP contribution in [-0.2, 0) is 20.0 Å². The Balaban J connectivity index is 1.70. The molecule has 4 heterocycles. The Morgan fingerprint density at radius 1 is 1.16 bits per heavy atom. The number of carbonyl (C=O) groups excluding carboxylic acids is 1. The van der Waals surface area contributed by atoms with Crippen molar-refractivity contribution in [3.63, 3.8) is 0 Å². The smallest absolute Gasteiger partial charge is 0.274 e. The lowest BCUT2D eigenvalue weighted by Crippen LogP contribution is -2.36. The molecule has 1 amide bonds. The van der Waals surface area contributed by atoms with Gasteiger partial charge >= 0.3 is 0 Å². The van der Waals surface area contributed by atoms with Gasteiger partial charge in [-0.25, -0.2) is 4.98 Å². The van der Waals surface area contributed by atoms with Crippen LogP contribution in [0.4, 0.5) is 0 Å². The van der Waals surface area contributed by atoms with Crippen LogP contribution in [0.25, 0.3) is 0 Å². The maximum atomic E-state index is 13.5. The van der Waals surface area contributed by atoms with Crippen LogP contribution in [0.5, 0.6) is 0 Å². The Labute approximate surface area is 149 Å². The number of likely N-dealkylation sites (tertiary alicyclic amines) is 1. The second-order valence-corrected chi connectivity index (χ2v) is 7.47. The van der Waals surface area contributed by atoms with E-state index in [1.165, 1.54) is 25.0 Å². The van der Waals surface area contributed by atoms with Crippen LogP contribution in [0.3, 0.4) is 0 Å². The highest BCUT2D eigenvalue weighted by Gasteiger charge is 2.32. The van der Waals surface area contributed by atoms with Crippen molar-refractivity contribution in [1.29, 1.82) is 0 Å². The zero-order chi connectivity index (χ0) is 17.4. The van der Waals surface area contributed by atoms with Gasteiger partial charge in [-0.15, -0.1) is 0 Å². The maximum absolute atomic E-state index is 13.5. The highest BCUT2D eigenvalue weighted by molar-refractivity contribution is 5.94. The van der Waals surface area contributed by atoms with Crippen molar-refractivity contribution in [3.8, 4) is 0 Å². The van der Waals surface area contributed by atoms with Gasteiger partial charge in [-0.1, -0.05) is 12.8 Å². The second-order valence-electron chi connectivity index (χ2n) is 7.47. The van der Waals surface area contributed by atoms with E-state index in [2.05, 4.69) is 39.4 Å². The van der Waals surface area contributed by atoms with E-state index in [4.69, 9.17) is 4.98 Å². The first kappa shape index (κ1) is 16.4. The summed E-state index contributed by atoms with van der Waals surface area (Å²) in [5, 5.41) is 0. The molecule has 0 aliphatic carbocycles. The van der Waals surface area contributed by atoms with E-state index in [-0.39, 0.29) is 11.9 Å². The summed E-state index contributed by atoms with van der Waals surface area (Å²) in [6.45, 7) is 3.87. The summed E-state index contributed by atoms with van der Waals surface area (Å²) in [6.07, 6.45) is 9.90. The Morgan fingerprint density at radius 2 is 2.00 bits per heavy atom. The van der Waals surface area contributed by atoms with Crippen LogP contribution in [0.15, 0.2) is 18.3 Å². The first-order valence-corrected chi connectivity index (χ1v) is 9.65. The first-order chi connectivity index (χ1) is 12.2. The quantitative estimate of drug-likeness (QED) is 0.838. The molecular weight excluding hydrogens is 312 g/mol. The SMILES string of the molecule is Cc1nc(C(=O)N2CCCCCC2c2cccn2C)c2n1CCCC2. The van der Waals surface area contributed by atoms with Crippen molar-refractivity contribution in [3.05, 3.63) is 41.2 Å². The Bertz CT molecular complexity index is 773. The number of nitrogens with zero attached hydrogens (tertiary/aromatic N) is 4. The summed E-state index contributed by atoms with van der Waals surface area (Å²) in [4.78, 5) is 20.3. The largest absolute Gasteiger partial charge is 0.353 e. The molecular formula is C20H28N4O. The summed E-state index contributed by atoms with van der Waals surface area (Å²) in [5.41, 5.74) is 3.10. The molecule has 2 aliphatic rings. The average molecular weight is 340 g/mol. The number of fused-ring (bicyclic) bond motifs is 1. The van der Waals surface area contributed by atoms with Crippen LogP contribution < -0.4 is 0 Å². The van der Waals surface area contributed by atoms with Gasteiger partial charge in [-0.05, 0) is 51.2 Å². The van der Waals surface area contributed by atoms with E-state index in [0.717, 1.165) is 50.3 Å². The summed E-state index contributed by atoms with van der Waals surface area (Å²) in [6, 6.07) is 4.40. The van der Waals surface area contributed by atoms with Gasteiger partial charge in [0.2, 0.25) is 0 Å². The van der Waals surface area contributed by atoms with Crippen molar-refractivity contribution in [1.82, 2.24) is 19.0 Å². The topological polar surface area (TPSA) is 43.1 Å². The number of imidazole rings is 1. The minimum absolute atomic E-state index is 0.131. The molecule has 0 spiro atoms. The Kier molecular flexibility index (Phi) is 4.40. The van der Waals surface area contributed by atoms with Crippen LogP contribution in [-0.4, -0.2) is 31.5 Å². The molecule has 0 radical (unpaired) electrons. The third-order valence-corrected chi connectivity index (χ3v) is 5.85. The van der Waals surface area contributed by atoms with Gasteiger partial charge in [0, 0.05) is 32.0 Å². The molecule has 0 aromatic carbocycles. The molecule has 2 aromatic rings. The van der Waals surface area contributed by atoms with Crippen molar-refractivity contribution in [2.24, 2.45) is 7.05 Å². The van der Waals surface area contributed by atoms with Crippen LogP contribution >= 0.6 is 0 Å². The lowest BCUT2D eigenvalue weighted by molar-refractivity contribution is 0.0667. The number of rotatable bonds is 2. The molecule has 1 saturated heterocycles. The van der Waals surface area contributed by atoms with E-state index in [9.17, 15) is 4.79 Å². The molecule has 1 atom stereocenters. The van der Waals surface area contributed by atoms with Gasteiger partial charge in [-0.2, -0.15) is 0 Å². The summed E-state index contributed by atoms with van der Waals surface area (Å²) in [7, 11) is 2.07. The van der Waals surface area contributed by atoms with E-state index < -0.39 is 0 Å². The Hall–Kier alpha value is -2.04. The van der Waals surface area contributed by atoms with Crippen molar-refractivity contribution >= 4 is 5.91 Å². The van der Waals surface area contributed by atoms with E-state index in [0.29, 0.717) is 5.69 Å². The van der Waals surface area contributed by atoms with Gasteiger partial charge < -0.3 is 14.0 Å². The molecule has 1 unspecified atom stereocenters. The molecule has 25 heavy (non-hydrogen) atoms. The molecule has 134 valence electrons. The minimum atomic E-state index is 0.131. The number of carbonyl (C=O) groups is 1. The number of hydrogen-bond donors (Lipinski definition) is 0. The van der Waals surface area contributed by atoms with E-state index >= 15 is 0 Å². The lowest BCUT2D eigenvalue weighted by Gasteiger charge is -2.30. The average Bonchev–Trinajstić information content (AvgIpc) is 3.09. The highest BCUT2D eigenvalue weighted by Crippen LogP contribution is 2.32. The Morgan fingerprint density at radius 3 is 2.80 bits per heavy atom. The fraction of sp³-hybridized carbons (Fsp3) is 0.600. The summed E-state index contributed by atoms with van der Waals surface area (Å²) < 4.78 is 4.41. The fourth-order valence-electron chi connectivity index (χ4n) is 4.51. The molecule has 4 rings (SSSR count). The summed E-state index contributed by atoms with van der Waals surface area (Å²) in [5.74, 6) is 1.12. The molecule has 0 bridgehead atoms. The van der Waals surface area contributed by atoms with Gasteiger partial charge in [0.15, 0.2) is 0 Å². The maximum Gasteiger partial charge on any atom is 0.274 e. The van der Waals surface area contributed by atoms with Crippen LogP contribution in [0.2, 0.25) is 0 Å². The zero-order valence-corrected chi connectivity index (χ0v) is 15.4. The lowest BCUT2D eigenvalue weighted by atomic mass is 10.0. The van der Waals surface area contributed by atoms with E-state index in [1.807, 2.05) is 6.92 Å². The molecule has 2 aliphatic heterocycles. The first-order valence-electron chi connectivity index (χ1n) is 9.65. The molecule has 1 fully saturated rings. The van der Waals surface area contributed by atoms with Gasteiger partial charge in [0.05, 0.1) is 11.7 Å². The van der Waals surface area contributed by atoms with Crippen molar-refractivity contribution in [2.75, 3.05) is 6.54 Å². The molecule has 5 nitrogen and oxygen atoms in total. The molecule has 5 heteroatoms. The normalized spacial score (nSPS) is 21.0. The monoisotopic (exact) mass is 340 g/mol. The third-order valence-electron chi connectivity index (χ3n) is 5.85. The van der Waals surface area contributed by atoms with Crippen molar-refractivity contribution in [2.45, 2.75) is 64.5 Å². The fourth-order valence-corrected chi connectivity index (χ4v) is 4.51. The van der Waals surface area contributed by atoms with Crippen LogP contribution in [0, 0.1) is 6.92 Å². The third kappa shape index (κ3) is 2.90. The van der Waals surface area contributed by atoms with Gasteiger partial charge in [0.1, 0.15) is 11.5 Å². The van der Waals surface area contributed by atoms with Gasteiger partial charge in [0.25, 0.3) is 5.91 Å². The number of aromatic nitrogens is 3. The second kappa shape index (κ2) is 6.70.